The molecule has 0 aliphatic heterocycles. The molecule has 0 fully saturated rings. The van der Waals surface area contributed by atoms with Gasteiger partial charge in [-0.15, -0.1) is 0 Å². The largest absolute Gasteiger partial charge is 0.492 e. The molecule has 9 heteroatoms. The summed E-state index contributed by atoms with van der Waals surface area (Å²) >= 11 is 9.32. The summed E-state index contributed by atoms with van der Waals surface area (Å²) in [6.45, 7) is 2.57. The van der Waals surface area contributed by atoms with Crippen LogP contribution in [-0.4, -0.2) is 24.3 Å². The first kappa shape index (κ1) is 22.7. The van der Waals surface area contributed by atoms with Crippen LogP contribution >= 0.6 is 27.5 Å². The van der Waals surface area contributed by atoms with Gasteiger partial charge in [0.25, 0.3) is 5.91 Å². The lowest BCUT2D eigenvalue weighted by molar-refractivity contribution is -0.124. The Morgan fingerprint density at radius 2 is 1.76 bits per heavy atom. The molecule has 3 N–H and O–H groups in total. The third kappa shape index (κ3) is 7.40. The number of amides is 3. The fourth-order valence-electron chi connectivity index (χ4n) is 2.23. The standard InChI is InChI=1S/C20H21BrClN3O4/c1-2-11-29-17-8-7-13(12-14(17)21)20(28)25-24-19(27)10-9-18(26)23-16-6-4-3-5-15(16)22/h3-8,12H,2,9-11H2,1H3,(H,23,26)(H,24,27)(H,25,28). The molecule has 3 amide bonds. The van der Waals surface area contributed by atoms with Crippen molar-refractivity contribution in [3.63, 3.8) is 0 Å². The quantitative estimate of drug-likeness (QED) is 0.494. The van der Waals surface area contributed by atoms with E-state index in [0.717, 1.165) is 6.42 Å². The number of anilines is 1. The Kier molecular flexibility index (Phi) is 8.95. The van der Waals surface area contributed by atoms with Crippen LogP contribution in [0.15, 0.2) is 46.9 Å². The van der Waals surface area contributed by atoms with Crippen molar-refractivity contribution in [3.05, 3.63) is 57.5 Å². The van der Waals surface area contributed by atoms with E-state index in [1.807, 2.05) is 6.92 Å². The van der Waals surface area contributed by atoms with Crippen molar-refractivity contribution < 1.29 is 19.1 Å². The van der Waals surface area contributed by atoms with Gasteiger partial charge >= 0.3 is 0 Å². The van der Waals surface area contributed by atoms with Crippen molar-refractivity contribution in [1.82, 2.24) is 10.9 Å². The summed E-state index contributed by atoms with van der Waals surface area (Å²) in [6.07, 6.45) is 0.725. The Balaban J connectivity index is 1.77. The van der Waals surface area contributed by atoms with Crippen molar-refractivity contribution in [2.75, 3.05) is 11.9 Å². The van der Waals surface area contributed by atoms with Crippen LogP contribution < -0.4 is 20.9 Å². The fourth-order valence-corrected chi connectivity index (χ4v) is 2.91. The van der Waals surface area contributed by atoms with Gasteiger partial charge in [0.1, 0.15) is 5.75 Å². The highest BCUT2D eigenvalue weighted by Gasteiger charge is 2.12. The number of hydrazine groups is 1. The molecule has 2 aromatic carbocycles. The third-order valence-electron chi connectivity index (χ3n) is 3.70. The summed E-state index contributed by atoms with van der Waals surface area (Å²) in [5.41, 5.74) is 5.43. The number of ether oxygens (including phenoxy) is 1. The average Bonchev–Trinajstić information content (AvgIpc) is 2.71. The van der Waals surface area contributed by atoms with Crippen molar-refractivity contribution in [2.45, 2.75) is 26.2 Å². The fraction of sp³-hybridized carbons (Fsp3) is 0.250. The Morgan fingerprint density at radius 3 is 2.45 bits per heavy atom. The van der Waals surface area contributed by atoms with Crippen LogP contribution in [0.3, 0.4) is 0 Å². The lowest BCUT2D eigenvalue weighted by Gasteiger charge is -2.10. The van der Waals surface area contributed by atoms with Gasteiger partial charge in [-0.2, -0.15) is 0 Å². The topological polar surface area (TPSA) is 96.5 Å². The molecule has 0 unspecified atom stereocenters. The van der Waals surface area contributed by atoms with E-state index in [-0.39, 0.29) is 18.7 Å². The molecule has 2 aromatic rings. The lowest BCUT2D eigenvalue weighted by Crippen LogP contribution is -2.41. The van der Waals surface area contributed by atoms with Crippen molar-refractivity contribution in [1.29, 1.82) is 0 Å². The second kappa shape index (κ2) is 11.4. The Bertz CT molecular complexity index is 892. The first-order valence-corrected chi connectivity index (χ1v) is 10.1. The van der Waals surface area contributed by atoms with Gasteiger partial charge in [0.05, 0.1) is 21.8 Å². The first-order chi connectivity index (χ1) is 13.9. The minimum Gasteiger partial charge on any atom is -0.492 e. The number of benzene rings is 2. The molecule has 0 saturated heterocycles. The molecule has 0 spiro atoms. The van der Waals surface area contributed by atoms with Crippen LogP contribution in [0.1, 0.15) is 36.5 Å². The predicted octanol–water partition coefficient (Wildman–Crippen LogP) is 4.07. The molecule has 0 saturated carbocycles. The molecule has 0 aromatic heterocycles. The molecular weight excluding hydrogens is 462 g/mol. The number of carbonyl (C=O) groups excluding carboxylic acids is 3. The van der Waals surface area contributed by atoms with Crippen molar-refractivity contribution >= 4 is 50.9 Å². The second-order valence-corrected chi connectivity index (χ2v) is 7.29. The molecular formula is C20H21BrClN3O4. The van der Waals surface area contributed by atoms with Crippen LogP contribution in [-0.2, 0) is 9.59 Å². The smallest absolute Gasteiger partial charge is 0.269 e. The summed E-state index contributed by atoms with van der Waals surface area (Å²) in [7, 11) is 0. The van der Waals surface area contributed by atoms with Crippen LogP contribution in [0.4, 0.5) is 5.69 Å². The third-order valence-corrected chi connectivity index (χ3v) is 4.65. The highest BCUT2D eigenvalue weighted by atomic mass is 79.9. The molecule has 2 rings (SSSR count). The summed E-state index contributed by atoms with van der Waals surface area (Å²) in [4.78, 5) is 36.0. The molecule has 0 aliphatic carbocycles. The van der Waals surface area contributed by atoms with Gasteiger partial charge < -0.3 is 10.1 Å². The lowest BCUT2D eigenvalue weighted by atomic mass is 10.2. The SMILES string of the molecule is CCCOc1ccc(C(=O)NNC(=O)CCC(=O)Nc2ccccc2Cl)cc1Br. The zero-order valence-electron chi connectivity index (χ0n) is 15.8. The number of rotatable bonds is 8. The molecule has 0 aliphatic rings. The highest BCUT2D eigenvalue weighted by molar-refractivity contribution is 9.10. The van der Waals surface area contributed by atoms with Gasteiger partial charge in [0, 0.05) is 18.4 Å². The zero-order valence-corrected chi connectivity index (χ0v) is 18.1. The van der Waals surface area contributed by atoms with E-state index in [0.29, 0.717) is 33.1 Å². The van der Waals surface area contributed by atoms with E-state index in [9.17, 15) is 14.4 Å². The van der Waals surface area contributed by atoms with E-state index in [2.05, 4.69) is 32.1 Å². The maximum Gasteiger partial charge on any atom is 0.269 e. The Morgan fingerprint density at radius 1 is 1.03 bits per heavy atom. The summed E-state index contributed by atoms with van der Waals surface area (Å²) < 4.78 is 6.17. The maximum atomic E-state index is 12.2. The molecule has 7 nitrogen and oxygen atoms in total. The van der Waals surface area contributed by atoms with Gasteiger partial charge in [-0.05, 0) is 52.7 Å². The van der Waals surface area contributed by atoms with Gasteiger partial charge in [-0.1, -0.05) is 30.7 Å². The Labute approximate surface area is 182 Å². The van der Waals surface area contributed by atoms with Crippen LogP contribution in [0.25, 0.3) is 0 Å². The van der Waals surface area contributed by atoms with Crippen molar-refractivity contribution in [2.24, 2.45) is 0 Å². The highest BCUT2D eigenvalue weighted by Crippen LogP contribution is 2.26. The average molecular weight is 483 g/mol. The van der Waals surface area contributed by atoms with Gasteiger partial charge in [-0.25, -0.2) is 0 Å². The monoisotopic (exact) mass is 481 g/mol. The number of halogens is 2. The summed E-state index contributed by atoms with van der Waals surface area (Å²) in [5, 5.41) is 3.04. The van der Waals surface area contributed by atoms with E-state index < -0.39 is 11.8 Å². The molecule has 0 radical (unpaired) electrons. The molecule has 29 heavy (non-hydrogen) atoms. The molecule has 154 valence electrons. The molecule has 0 heterocycles. The van der Waals surface area contributed by atoms with E-state index in [4.69, 9.17) is 16.3 Å². The number of hydrogen-bond donors (Lipinski definition) is 3. The second-order valence-electron chi connectivity index (χ2n) is 6.02. The first-order valence-electron chi connectivity index (χ1n) is 8.96. The van der Waals surface area contributed by atoms with E-state index in [1.165, 1.54) is 0 Å². The van der Waals surface area contributed by atoms with Gasteiger partial charge in [0.2, 0.25) is 11.8 Å². The van der Waals surface area contributed by atoms with E-state index in [1.54, 1.807) is 42.5 Å². The normalized spacial score (nSPS) is 10.2. The van der Waals surface area contributed by atoms with Gasteiger partial charge in [-0.3, -0.25) is 25.2 Å². The number of carbonyl (C=O) groups is 3. The molecule has 0 bridgehead atoms. The number of nitrogens with one attached hydrogen (secondary N) is 3. The Hall–Kier alpha value is -2.58. The predicted molar refractivity (Wildman–Crippen MR) is 115 cm³/mol. The zero-order chi connectivity index (χ0) is 21.2. The van der Waals surface area contributed by atoms with Crippen molar-refractivity contribution in [3.8, 4) is 5.75 Å². The summed E-state index contributed by atoms with van der Waals surface area (Å²) in [5.74, 6) is -0.695. The van der Waals surface area contributed by atoms with Crippen LogP contribution in [0, 0.1) is 0 Å². The van der Waals surface area contributed by atoms with Crippen LogP contribution in [0.5, 0.6) is 5.75 Å². The molecule has 0 atom stereocenters. The number of hydrogen-bond acceptors (Lipinski definition) is 4. The maximum absolute atomic E-state index is 12.2. The summed E-state index contributed by atoms with van der Waals surface area (Å²) in [6, 6.07) is 11.7. The van der Waals surface area contributed by atoms with Crippen LogP contribution in [0.2, 0.25) is 5.02 Å². The number of para-hydroxylation sites is 1. The minimum atomic E-state index is -0.491. The minimum absolute atomic E-state index is 0.0536. The van der Waals surface area contributed by atoms with Gasteiger partial charge in [0.15, 0.2) is 0 Å². The van der Waals surface area contributed by atoms with E-state index >= 15 is 0 Å².